The summed E-state index contributed by atoms with van der Waals surface area (Å²) in [5.74, 6) is 0. The van der Waals surface area contributed by atoms with E-state index in [4.69, 9.17) is 9.97 Å². The average molecular weight is 601 g/mol. The molecule has 8 rings (SSSR count). The molecule has 2 nitrogen and oxygen atoms in total. The molecule has 0 bridgehead atoms. The molecule has 0 aliphatic rings. The van der Waals surface area contributed by atoms with E-state index in [2.05, 4.69) is 159 Å². The fourth-order valence-electron chi connectivity index (χ4n) is 6.52. The molecule has 0 atom stereocenters. The lowest BCUT2D eigenvalue weighted by molar-refractivity contribution is 1.24. The molecule has 0 unspecified atom stereocenters. The molecular weight excluding hydrogens is 569 g/mol. The van der Waals surface area contributed by atoms with Crippen LogP contribution in [0.5, 0.6) is 0 Å². The lowest BCUT2D eigenvalue weighted by atomic mass is 9.90. The lowest BCUT2D eigenvalue weighted by Gasteiger charge is -2.15. The molecule has 6 aromatic carbocycles. The van der Waals surface area contributed by atoms with Crippen LogP contribution in [0.2, 0.25) is 0 Å². The van der Waals surface area contributed by atoms with Crippen LogP contribution in [0.15, 0.2) is 164 Å². The molecule has 8 aromatic rings. The van der Waals surface area contributed by atoms with Gasteiger partial charge in [0.15, 0.2) is 0 Å². The molecule has 0 saturated heterocycles. The second-order valence-corrected chi connectivity index (χ2v) is 11.8. The van der Waals surface area contributed by atoms with E-state index >= 15 is 0 Å². The highest BCUT2D eigenvalue weighted by Gasteiger charge is 2.14. The molecule has 2 heterocycles. The van der Waals surface area contributed by atoms with Gasteiger partial charge in [-0.25, -0.2) is 4.98 Å². The van der Waals surface area contributed by atoms with Gasteiger partial charge >= 0.3 is 0 Å². The fraction of sp³-hybridized carbons (Fsp3) is 0.0222. The standard InChI is InChI=1S/C45H32N2/c1-31-42(30-44(35-14-6-3-7-15-35)47-43(31)28-21-32-12-4-2-5-13-32)34-24-22-33(23-25-34)37-26-27-40(39-19-9-8-18-38(37)39)41-20-10-16-36-17-11-29-46-45(36)41/h2-30H,1H3/b28-21-. The van der Waals surface area contributed by atoms with Crippen molar-refractivity contribution in [1.29, 1.82) is 0 Å². The molecule has 0 N–H and O–H groups in total. The summed E-state index contributed by atoms with van der Waals surface area (Å²) in [6.45, 7) is 2.17. The van der Waals surface area contributed by atoms with Gasteiger partial charge in [0.25, 0.3) is 0 Å². The maximum Gasteiger partial charge on any atom is 0.0780 e. The molecule has 0 radical (unpaired) electrons. The summed E-state index contributed by atoms with van der Waals surface area (Å²) in [4.78, 5) is 9.84. The minimum Gasteiger partial charge on any atom is -0.256 e. The molecule has 2 aromatic heterocycles. The van der Waals surface area contributed by atoms with Gasteiger partial charge in [0.1, 0.15) is 0 Å². The molecule has 47 heavy (non-hydrogen) atoms. The van der Waals surface area contributed by atoms with E-state index in [-0.39, 0.29) is 0 Å². The Balaban J connectivity index is 1.21. The monoisotopic (exact) mass is 600 g/mol. The van der Waals surface area contributed by atoms with Crippen molar-refractivity contribution in [2.45, 2.75) is 6.92 Å². The Morgan fingerprint density at radius 1 is 0.468 bits per heavy atom. The van der Waals surface area contributed by atoms with Crippen molar-refractivity contribution in [3.05, 3.63) is 181 Å². The summed E-state index contributed by atoms with van der Waals surface area (Å²) >= 11 is 0. The third-order valence-corrected chi connectivity index (χ3v) is 8.97. The summed E-state index contributed by atoms with van der Waals surface area (Å²) in [5, 5.41) is 3.60. The Bertz CT molecular complexity index is 2380. The van der Waals surface area contributed by atoms with Crippen molar-refractivity contribution in [3.63, 3.8) is 0 Å². The maximum atomic E-state index is 5.10. The number of aromatic nitrogens is 2. The van der Waals surface area contributed by atoms with Gasteiger partial charge in [-0.05, 0) is 74.8 Å². The van der Waals surface area contributed by atoms with Crippen LogP contribution in [-0.2, 0) is 0 Å². The first-order valence-electron chi connectivity index (χ1n) is 16.0. The SMILES string of the molecule is Cc1c(-c2ccc(-c3ccc(-c4cccc5cccnc45)c4ccccc34)cc2)cc(-c2ccccc2)nc1/C=C\c1ccccc1. The van der Waals surface area contributed by atoms with Gasteiger partial charge in [-0.15, -0.1) is 0 Å². The van der Waals surface area contributed by atoms with Crippen molar-refractivity contribution in [1.82, 2.24) is 9.97 Å². The third kappa shape index (κ3) is 5.51. The number of para-hydroxylation sites is 1. The summed E-state index contributed by atoms with van der Waals surface area (Å²) in [5.41, 5.74) is 13.5. The van der Waals surface area contributed by atoms with E-state index in [9.17, 15) is 0 Å². The predicted molar refractivity (Wildman–Crippen MR) is 199 cm³/mol. The topological polar surface area (TPSA) is 25.8 Å². The molecule has 0 fully saturated rings. The summed E-state index contributed by atoms with van der Waals surface area (Å²) in [6.07, 6.45) is 6.15. The van der Waals surface area contributed by atoms with Gasteiger partial charge in [0, 0.05) is 22.7 Å². The lowest BCUT2D eigenvalue weighted by Crippen LogP contribution is -1.95. The van der Waals surface area contributed by atoms with Gasteiger partial charge in [-0.3, -0.25) is 4.98 Å². The molecule has 0 aliphatic carbocycles. The number of rotatable bonds is 6. The molecule has 0 amide bonds. The van der Waals surface area contributed by atoms with Gasteiger partial charge < -0.3 is 0 Å². The minimum atomic E-state index is 0.965. The Morgan fingerprint density at radius 2 is 1.11 bits per heavy atom. The second kappa shape index (κ2) is 12.3. The van der Waals surface area contributed by atoms with Crippen LogP contribution in [0.3, 0.4) is 0 Å². The van der Waals surface area contributed by atoms with E-state index in [0.29, 0.717) is 0 Å². The van der Waals surface area contributed by atoms with Gasteiger partial charge in [0.05, 0.1) is 16.9 Å². The fourth-order valence-corrected chi connectivity index (χ4v) is 6.52. The molecular formula is C45H32N2. The van der Waals surface area contributed by atoms with Crippen LogP contribution >= 0.6 is 0 Å². The Morgan fingerprint density at radius 3 is 1.87 bits per heavy atom. The van der Waals surface area contributed by atoms with Crippen LogP contribution in [0.1, 0.15) is 16.8 Å². The van der Waals surface area contributed by atoms with Crippen molar-refractivity contribution in [2.75, 3.05) is 0 Å². The highest BCUT2D eigenvalue weighted by atomic mass is 14.7. The first-order chi connectivity index (χ1) is 23.2. The van der Waals surface area contributed by atoms with Crippen molar-refractivity contribution in [2.24, 2.45) is 0 Å². The Hall–Kier alpha value is -6.12. The molecule has 0 spiro atoms. The normalized spacial score (nSPS) is 11.4. The molecule has 0 aliphatic heterocycles. The van der Waals surface area contributed by atoms with Crippen LogP contribution in [0, 0.1) is 6.92 Å². The smallest absolute Gasteiger partial charge is 0.0780 e. The molecule has 222 valence electrons. The first kappa shape index (κ1) is 28.4. The number of benzene rings is 6. The Labute approximate surface area is 275 Å². The largest absolute Gasteiger partial charge is 0.256 e. The van der Waals surface area contributed by atoms with Crippen LogP contribution in [0.25, 0.3) is 78.5 Å². The number of nitrogens with zero attached hydrogens (tertiary/aromatic N) is 2. The van der Waals surface area contributed by atoms with E-state index in [1.54, 1.807) is 0 Å². The number of hydrogen-bond donors (Lipinski definition) is 0. The average Bonchev–Trinajstić information content (AvgIpc) is 3.15. The highest BCUT2D eigenvalue weighted by molar-refractivity contribution is 6.08. The third-order valence-electron chi connectivity index (χ3n) is 8.97. The quantitative estimate of drug-likeness (QED) is 0.190. The predicted octanol–water partition coefficient (Wildman–Crippen LogP) is 11.9. The maximum absolute atomic E-state index is 5.10. The number of hydrogen-bond acceptors (Lipinski definition) is 2. The first-order valence-corrected chi connectivity index (χ1v) is 16.0. The zero-order valence-corrected chi connectivity index (χ0v) is 26.1. The number of fused-ring (bicyclic) bond motifs is 2. The van der Waals surface area contributed by atoms with Crippen molar-refractivity contribution >= 4 is 33.8 Å². The van der Waals surface area contributed by atoms with Gasteiger partial charge in [0.2, 0.25) is 0 Å². The zero-order valence-electron chi connectivity index (χ0n) is 26.1. The van der Waals surface area contributed by atoms with Crippen molar-refractivity contribution < 1.29 is 0 Å². The van der Waals surface area contributed by atoms with E-state index < -0.39 is 0 Å². The second-order valence-electron chi connectivity index (χ2n) is 11.8. The van der Waals surface area contributed by atoms with E-state index in [1.165, 1.54) is 38.6 Å². The summed E-state index contributed by atoms with van der Waals surface area (Å²) in [6, 6.07) is 55.8. The van der Waals surface area contributed by atoms with Gasteiger partial charge in [-0.1, -0.05) is 152 Å². The Kier molecular flexibility index (Phi) is 7.45. The van der Waals surface area contributed by atoms with E-state index in [1.807, 2.05) is 24.4 Å². The minimum absolute atomic E-state index is 0.965. The molecule has 2 heteroatoms. The van der Waals surface area contributed by atoms with Crippen LogP contribution in [0.4, 0.5) is 0 Å². The van der Waals surface area contributed by atoms with E-state index in [0.717, 1.165) is 44.5 Å². The van der Waals surface area contributed by atoms with Crippen LogP contribution in [-0.4, -0.2) is 9.97 Å². The zero-order chi connectivity index (χ0) is 31.6. The number of pyridine rings is 2. The molecule has 0 saturated carbocycles. The van der Waals surface area contributed by atoms with Gasteiger partial charge in [-0.2, -0.15) is 0 Å². The highest BCUT2D eigenvalue weighted by Crippen LogP contribution is 2.39. The van der Waals surface area contributed by atoms with Crippen molar-refractivity contribution in [3.8, 4) is 44.6 Å². The summed E-state index contributed by atoms with van der Waals surface area (Å²) in [7, 11) is 0. The summed E-state index contributed by atoms with van der Waals surface area (Å²) < 4.78 is 0. The van der Waals surface area contributed by atoms with Crippen LogP contribution < -0.4 is 0 Å².